The van der Waals surface area contributed by atoms with Crippen molar-refractivity contribution >= 4 is 17.2 Å². The van der Waals surface area contributed by atoms with E-state index in [9.17, 15) is 4.79 Å². The molecule has 2 saturated carbocycles. The van der Waals surface area contributed by atoms with Gasteiger partial charge in [0.25, 0.3) is 5.91 Å². The van der Waals surface area contributed by atoms with Crippen molar-refractivity contribution in [2.24, 2.45) is 16.7 Å². The van der Waals surface area contributed by atoms with Crippen LogP contribution in [0.3, 0.4) is 0 Å². The Kier molecular flexibility index (Phi) is 6.41. The highest BCUT2D eigenvalue weighted by Crippen LogP contribution is 2.51. The van der Waals surface area contributed by atoms with Gasteiger partial charge in [0.15, 0.2) is 0 Å². The molecule has 2 aliphatic heterocycles. The van der Waals surface area contributed by atoms with E-state index in [4.69, 9.17) is 5.11 Å². The Bertz CT molecular complexity index is 1230. The Hall–Kier alpha value is -2.62. The van der Waals surface area contributed by atoms with Crippen molar-refractivity contribution in [3.05, 3.63) is 63.9 Å². The van der Waals surface area contributed by atoms with Gasteiger partial charge in [0.05, 0.1) is 23.9 Å². The minimum absolute atomic E-state index is 0.0626. The molecule has 8 nitrogen and oxygen atoms in total. The second-order valence-corrected chi connectivity index (χ2v) is 12.9. The molecule has 2 aromatic heterocycles. The number of aromatic nitrogens is 4. The van der Waals surface area contributed by atoms with Crippen LogP contribution in [0.15, 0.2) is 42.2 Å². The maximum Gasteiger partial charge on any atom is 0.265 e. The zero-order valence-corrected chi connectivity index (χ0v) is 22.5. The summed E-state index contributed by atoms with van der Waals surface area (Å²) in [6, 6.07) is 8.91. The van der Waals surface area contributed by atoms with Crippen molar-refractivity contribution in [1.29, 1.82) is 0 Å². The molecule has 9 heteroatoms. The number of amides is 1. The normalized spacial score (nSPS) is 24.9. The van der Waals surface area contributed by atoms with Gasteiger partial charge in [-0.1, -0.05) is 43.3 Å². The number of rotatable bonds is 6. The van der Waals surface area contributed by atoms with Crippen LogP contribution < -0.4 is 5.32 Å². The van der Waals surface area contributed by atoms with E-state index >= 15 is 0 Å². The van der Waals surface area contributed by atoms with Gasteiger partial charge in [-0.2, -0.15) is 0 Å². The molecule has 1 aromatic carbocycles. The summed E-state index contributed by atoms with van der Waals surface area (Å²) in [6.45, 7) is 8.76. The van der Waals surface area contributed by atoms with Crippen LogP contribution in [0.4, 0.5) is 0 Å². The molecule has 1 amide bonds. The highest BCUT2D eigenvalue weighted by molar-refractivity contribution is 7.11. The molecule has 0 bridgehead atoms. The maximum absolute atomic E-state index is 12.9. The van der Waals surface area contributed by atoms with Crippen molar-refractivity contribution in [3.8, 4) is 0 Å². The Labute approximate surface area is 222 Å². The van der Waals surface area contributed by atoms with Crippen LogP contribution in [-0.4, -0.2) is 68.7 Å². The zero-order chi connectivity index (χ0) is 25.6. The molecule has 2 aliphatic carbocycles. The molecule has 196 valence electrons. The minimum Gasteiger partial charge on any atom is -0.396 e. The number of hydrogen-bond acceptors (Lipinski definition) is 7. The number of nitrogens with zero attached hydrogens (tertiary/aromatic N) is 5. The van der Waals surface area contributed by atoms with Gasteiger partial charge in [-0.3, -0.25) is 9.78 Å². The van der Waals surface area contributed by atoms with Crippen molar-refractivity contribution < 1.29 is 9.90 Å². The predicted octanol–water partition coefficient (Wildman–Crippen LogP) is 3.51. The van der Waals surface area contributed by atoms with Gasteiger partial charge in [0.1, 0.15) is 4.88 Å². The number of carbonyl (C=O) groups is 1. The third-order valence-corrected chi connectivity index (χ3v) is 9.52. The molecule has 1 unspecified atom stereocenters. The molecule has 4 heterocycles. The fourth-order valence-corrected chi connectivity index (χ4v) is 6.34. The van der Waals surface area contributed by atoms with Gasteiger partial charge < -0.3 is 15.3 Å². The molecule has 4 fully saturated rings. The number of aliphatic hydroxyl groups excluding tert-OH is 1. The lowest BCUT2D eigenvalue weighted by atomic mass is 9.72. The molecule has 2 N–H and O–H groups in total. The zero-order valence-electron chi connectivity index (χ0n) is 21.6. The summed E-state index contributed by atoms with van der Waals surface area (Å²) >= 11 is 1.40. The topological polar surface area (TPSA) is 96.2 Å². The summed E-state index contributed by atoms with van der Waals surface area (Å²) in [6.07, 6.45) is 7.60. The third kappa shape index (κ3) is 5.09. The van der Waals surface area contributed by atoms with Gasteiger partial charge in [0, 0.05) is 50.3 Å². The average molecular weight is 521 g/mol. The first-order chi connectivity index (χ1) is 17.9. The smallest absolute Gasteiger partial charge is 0.265 e. The number of nitrogens with one attached hydrogen (secondary N) is 1. The highest BCUT2D eigenvalue weighted by atomic mass is 32.1. The molecule has 2 atom stereocenters. The van der Waals surface area contributed by atoms with E-state index < -0.39 is 0 Å². The number of hydrogen-bond donors (Lipinski definition) is 2. The quantitative estimate of drug-likeness (QED) is 0.516. The van der Waals surface area contributed by atoms with Gasteiger partial charge in [-0.25, -0.2) is 4.68 Å². The molecule has 4 aliphatic rings. The van der Waals surface area contributed by atoms with E-state index in [2.05, 4.69) is 64.9 Å². The van der Waals surface area contributed by atoms with E-state index in [0.717, 1.165) is 37.8 Å². The lowest BCUT2D eigenvalue weighted by Crippen LogP contribution is -2.57. The maximum atomic E-state index is 12.9. The summed E-state index contributed by atoms with van der Waals surface area (Å²) in [7, 11) is 0. The summed E-state index contributed by atoms with van der Waals surface area (Å²) in [4.78, 5) is 19.6. The Morgan fingerprint density at radius 1 is 1.22 bits per heavy atom. The average Bonchev–Trinajstić information content (AvgIpc) is 3.54. The largest absolute Gasteiger partial charge is 0.396 e. The molecular weight excluding hydrogens is 484 g/mol. The molecule has 37 heavy (non-hydrogen) atoms. The van der Waals surface area contributed by atoms with E-state index in [0.29, 0.717) is 29.4 Å². The first-order valence-corrected chi connectivity index (χ1v) is 14.2. The number of aliphatic hydroxyl groups is 1. The number of benzene rings is 1. The number of likely N-dealkylation sites (tertiary alicyclic amines) is 1. The Morgan fingerprint density at radius 3 is 2.51 bits per heavy atom. The third-order valence-electron chi connectivity index (χ3n) is 8.76. The summed E-state index contributed by atoms with van der Waals surface area (Å²) < 4.78 is 1.93. The van der Waals surface area contributed by atoms with Crippen LogP contribution in [0.5, 0.6) is 0 Å². The standard InChI is InChI=1S/C22H24N6OS.C6H12O/c29-21(20-7-23-14-30-20)27-9-18(22(13-27)11-24-12-22)19-10-28(26-25-19)8-15-1-3-16(4-2-15)17-5-6-17;1-6(2)3-5(6)4-7/h1-4,7,10,14,17-18,24H,5-6,8-9,11-13H2;5,7H,3-4H2,1-2H3/t;5-/m.1/s1. The monoisotopic (exact) mass is 520 g/mol. The first-order valence-electron chi connectivity index (χ1n) is 13.4. The Balaban J connectivity index is 0.000000314. The van der Waals surface area contributed by atoms with Crippen molar-refractivity contribution in [1.82, 2.24) is 30.2 Å². The summed E-state index contributed by atoms with van der Waals surface area (Å²) in [5.74, 6) is 1.67. The summed E-state index contributed by atoms with van der Waals surface area (Å²) in [5.41, 5.74) is 5.93. The molecule has 2 saturated heterocycles. The second-order valence-electron chi connectivity index (χ2n) is 12.0. The molecule has 7 rings (SSSR count). The van der Waals surface area contributed by atoms with Crippen molar-refractivity contribution in [2.75, 3.05) is 32.8 Å². The Morgan fingerprint density at radius 2 is 1.97 bits per heavy atom. The van der Waals surface area contributed by atoms with Crippen LogP contribution in [0.25, 0.3) is 0 Å². The van der Waals surface area contributed by atoms with Gasteiger partial charge in [-0.15, -0.1) is 16.4 Å². The molecule has 0 radical (unpaired) electrons. The highest BCUT2D eigenvalue weighted by Gasteiger charge is 2.53. The van der Waals surface area contributed by atoms with Gasteiger partial charge in [-0.05, 0) is 47.6 Å². The van der Waals surface area contributed by atoms with Gasteiger partial charge >= 0.3 is 0 Å². The van der Waals surface area contributed by atoms with Gasteiger partial charge in [0.2, 0.25) is 0 Å². The van der Waals surface area contributed by atoms with E-state index in [-0.39, 0.29) is 17.2 Å². The SMILES string of the molecule is CC1(C)C[C@@H]1CO.O=C(c1cncs1)N1CC(c2cn(Cc3ccc(C4CC4)cc3)nn2)C2(CNC2)C1. The van der Waals surface area contributed by atoms with E-state index in [1.165, 1.54) is 41.7 Å². The fraction of sp³-hybridized carbons (Fsp3) is 0.571. The lowest BCUT2D eigenvalue weighted by molar-refractivity contribution is 0.0754. The second kappa shape index (κ2) is 9.60. The molecule has 3 aromatic rings. The lowest BCUT2D eigenvalue weighted by Gasteiger charge is -2.42. The van der Waals surface area contributed by atoms with E-state index in [1.54, 1.807) is 11.7 Å². The van der Waals surface area contributed by atoms with E-state index in [1.807, 2.05) is 9.58 Å². The van der Waals surface area contributed by atoms with Crippen LogP contribution in [0.1, 0.15) is 71.4 Å². The predicted molar refractivity (Wildman–Crippen MR) is 143 cm³/mol. The van der Waals surface area contributed by atoms with Crippen LogP contribution in [-0.2, 0) is 6.54 Å². The molecular formula is C28H36N6O2S. The van der Waals surface area contributed by atoms with Crippen LogP contribution in [0, 0.1) is 16.7 Å². The van der Waals surface area contributed by atoms with Crippen molar-refractivity contribution in [3.63, 3.8) is 0 Å². The molecule has 1 spiro atoms. The van der Waals surface area contributed by atoms with Crippen LogP contribution >= 0.6 is 11.3 Å². The number of carbonyl (C=O) groups excluding carboxylic acids is 1. The first kappa shape index (κ1) is 24.7. The fourth-order valence-electron chi connectivity index (χ4n) is 5.75. The summed E-state index contributed by atoms with van der Waals surface area (Å²) in [5, 5.41) is 20.9. The number of thiazole rings is 1. The van der Waals surface area contributed by atoms with Crippen molar-refractivity contribution in [2.45, 2.75) is 51.5 Å². The minimum atomic E-state index is 0.0626. The van der Waals surface area contributed by atoms with Crippen LogP contribution in [0.2, 0.25) is 0 Å².